The Morgan fingerprint density at radius 1 is 0.636 bits per heavy atom. The van der Waals surface area contributed by atoms with Gasteiger partial charge in [0.25, 0.3) is 0 Å². The Labute approximate surface area is 484 Å². The van der Waals surface area contributed by atoms with Crippen molar-refractivity contribution < 1.29 is 36.8 Å². The van der Waals surface area contributed by atoms with Crippen molar-refractivity contribution >= 4 is 76.1 Å². The number of ether oxygens (including phenoxy) is 1. The number of hydrogen-bond donors (Lipinski definition) is 0. The molecule has 11 aromatic rings. The second-order valence-electron chi connectivity index (χ2n) is 23.3. The summed E-state index contributed by atoms with van der Waals surface area (Å²) in [5.41, 5.74) is 9.53. The molecule has 0 unspecified atom stereocenters. The summed E-state index contributed by atoms with van der Waals surface area (Å²) < 4.78 is 83.5. The standard InChI is InChI=1S/C70H65N4OS.Pt/c1-44(2)34-45-32-33-71-64(35-45)74-61-31-30-55-54-24-15-18-27-63(54)76-67(55)65(61)56-29-28-53(42-62(56)74)75-52-23-19-22-51(41-52)72-43-73(60-26-17-16-25-59(60)72)66-57(46-20-13-12-14-21-46)39-50(70(9,10)11)40-58(66)47-36-48(68(3,4)5)38-49(37-47)69(6,7)8;/h12-33,35-40,43-44H,34H2,1-11H3;/q-3;/i12D,13D,14D,20D,21D,33D,34D2;. The molecule has 0 fully saturated rings. The molecule has 0 saturated heterocycles. The van der Waals surface area contributed by atoms with Crippen LogP contribution in [0.2, 0.25) is 0 Å². The minimum atomic E-state index is -1.73. The van der Waals surface area contributed by atoms with Gasteiger partial charge in [-0.05, 0) is 116 Å². The van der Waals surface area contributed by atoms with Gasteiger partial charge in [-0.15, -0.1) is 59.4 Å². The van der Waals surface area contributed by atoms with Gasteiger partial charge in [0.15, 0.2) is 0 Å². The van der Waals surface area contributed by atoms with Crippen LogP contribution in [-0.4, -0.2) is 9.55 Å². The molecule has 5 nitrogen and oxygen atoms in total. The normalized spacial score (nSPS) is 14.8. The van der Waals surface area contributed by atoms with E-state index in [4.69, 9.17) is 17.9 Å². The molecule has 0 atom stereocenters. The van der Waals surface area contributed by atoms with Gasteiger partial charge in [-0.2, -0.15) is 12.1 Å². The molecule has 390 valence electrons. The van der Waals surface area contributed by atoms with Crippen LogP contribution < -0.4 is 14.5 Å². The van der Waals surface area contributed by atoms with Crippen LogP contribution >= 0.6 is 11.3 Å². The number of nitrogens with zero attached hydrogens (tertiary/aromatic N) is 4. The molecule has 0 aliphatic carbocycles. The maximum atomic E-state index is 9.48. The number of aromatic nitrogens is 2. The van der Waals surface area contributed by atoms with Gasteiger partial charge in [0.2, 0.25) is 0 Å². The van der Waals surface area contributed by atoms with Crippen LogP contribution in [0.25, 0.3) is 70.0 Å². The number of para-hydroxylation sites is 2. The van der Waals surface area contributed by atoms with Crippen molar-refractivity contribution in [3.8, 4) is 39.6 Å². The van der Waals surface area contributed by atoms with E-state index < -0.39 is 29.9 Å². The number of benzene rings is 8. The maximum absolute atomic E-state index is 9.48. The minimum Gasteiger partial charge on any atom is -0.509 e. The largest absolute Gasteiger partial charge is 0.509 e. The van der Waals surface area contributed by atoms with E-state index in [2.05, 4.69) is 134 Å². The van der Waals surface area contributed by atoms with Crippen LogP contribution in [0, 0.1) is 24.7 Å². The van der Waals surface area contributed by atoms with Crippen LogP contribution in [0.4, 0.5) is 22.7 Å². The summed E-state index contributed by atoms with van der Waals surface area (Å²) in [5.74, 6) is 0.851. The van der Waals surface area contributed by atoms with Gasteiger partial charge < -0.3 is 19.1 Å². The zero-order valence-electron chi connectivity index (χ0n) is 53.3. The monoisotopic (exact) mass is 1210 g/mol. The Morgan fingerprint density at radius 2 is 1.27 bits per heavy atom. The fraction of sp³-hybridized carbons (Fsp3) is 0.229. The van der Waals surface area contributed by atoms with Gasteiger partial charge in [-0.25, -0.2) is 4.98 Å². The molecule has 0 radical (unpaired) electrons. The number of hydrogen-bond acceptors (Lipinski definition) is 5. The second kappa shape index (κ2) is 19.8. The van der Waals surface area contributed by atoms with Gasteiger partial charge in [-0.1, -0.05) is 166 Å². The van der Waals surface area contributed by atoms with Crippen molar-refractivity contribution in [3.05, 3.63) is 211 Å². The van der Waals surface area contributed by atoms with Gasteiger partial charge in [-0.3, -0.25) is 0 Å². The smallest absolute Gasteiger partial charge is 0.135 e. The van der Waals surface area contributed by atoms with Crippen LogP contribution in [0.1, 0.15) is 109 Å². The van der Waals surface area contributed by atoms with E-state index in [1.54, 1.807) is 17.4 Å². The van der Waals surface area contributed by atoms with E-state index in [1.807, 2.05) is 96.7 Å². The summed E-state index contributed by atoms with van der Waals surface area (Å²) in [5, 5.41) is 4.19. The van der Waals surface area contributed by atoms with Crippen LogP contribution in [0.5, 0.6) is 11.5 Å². The molecule has 0 spiro atoms. The summed E-state index contributed by atoms with van der Waals surface area (Å²) >= 11 is 1.72. The van der Waals surface area contributed by atoms with E-state index in [1.165, 1.54) is 6.07 Å². The second-order valence-corrected chi connectivity index (χ2v) is 24.4. The zero-order valence-corrected chi connectivity index (χ0v) is 48.4. The van der Waals surface area contributed by atoms with E-state index in [0.29, 0.717) is 45.3 Å². The Kier molecular flexibility index (Phi) is 11.1. The summed E-state index contributed by atoms with van der Waals surface area (Å²) in [6, 6.07) is 49.8. The zero-order chi connectivity index (χ0) is 59.9. The quantitative estimate of drug-likeness (QED) is 0.135. The minimum absolute atomic E-state index is 0. The van der Waals surface area contributed by atoms with Gasteiger partial charge in [0, 0.05) is 95.4 Å². The molecule has 77 heavy (non-hydrogen) atoms. The Bertz CT molecular complexity index is 4450. The molecule has 0 N–H and O–H groups in total. The van der Waals surface area contributed by atoms with Crippen molar-refractivity contribution in [2.24, 2.45) is 5.92 Å². The van der Waals surface area contributed by atoms with Crippen molar-refractivity contribution in [1.29, 1.82) is 0 Å². The van der Waals surface area contributed by atoms with Crippen LogP contribution in [-0.2, 0) is 43.7 Å². The Morgan fingerprint density at radius 3 is 1.97 bits per heavy atom. The molecular formula is C70H65N4OPtS-3. The van der Waals surface area contributed by atoms with E-state index >= 15 is 0 Å². The number of rotatable bonds is 9. The van der Waals surface area contributed by atoms with E-state index in [0.717, 1.165) is 75.7 Å². The van der Waals surface area contributed by atoms with Crippen molar-refractivity contribution in [2.45, 2.75) is 98.8 Å². The van der Waals surface area contributed by atoms with Crippen LogP contribution in [0.15, 0.2) is 170 Å². The van der Waals surface area contributed by atoms with Gasteiger partial charge in [0.05, 0.1) is 8.22 Å². The summed E-state index contributed by atoms with van der Waals surface area (Å²) in [7, 11) is 0. The average molecular weight is 1210 g/mol. The van der Waals surface area contributed by atoms with E-state index in [-0.39, 0.29) is 61.6 Å². The molecule has 7 heteroatoms. The fourth-order valence-electron chi connectivity index (χ4n) is 10.4. The number of pyridine rings is 1. The molecule has 0 amide bonds. The van der Waals surface area contributed by atoms with Gasteiger partial charge >= 0.3 is 0 Å². The SMILES string of the molecule is [2H]c1cc(C([2H])([2H])C(C)C)cc(-n2c3[c-]c(Oc4[c-]c(N5[CH-]N(c6c(-c7cc(C(C)(C)C)cc(C(C)(C)C)c7)cc(C(C)(C)C)cc6-c6c([2H])c([2H])c([2H])c([2H])c6[2H])c6ccccc65)ccc4)ccc3c3c4sc5ccccc5c4ccc32)n1.[Pt]. The third kappa shape index (κ3) is 9.67. The first-order chi connectivity index (χ1) is 39.6. The number of anilines is 4. The molecule has 3 aromatic heterocycles. The maximum Gasteiger partial charge on any atom is 0.135 e. The number of fused-ring (bicyclic) bond motifs is 8. The van der Waals surface area contributed by atoms with Crippen molar-refractivity contribution in [3.63, 3.8) is 0 Å². The summed E-state index contributed by atoms with van der Waals surface area (Å²) in [4.78, 5) is 8.86. The molecule has 0 bridgehead atoms. The summed E-state index contributed by atoms with van der Waals surface area (Å²) in [6.07, 6.45) is -1.77. The molecule has 4 heterocycles. The third-order valence-corrected chi connectivity index (χ3v) is 15.6. The topological polar surface area (TPSA) is 33.5 Å². The molecular weight excluding hydrogens is 1140 g/mol. The third-order valence-electron chi connectivity index (χ3n) is 14.4. The van der Waals surface area contributed by atoms with Crippen LogP contribution in [0.3, 0.4) is 0 Å². The molecule has 8 aromatic carbocycles. The first kappa shape index (κ1) is 43.1. The Balaban J connectivity index is 0.00000752. The first-order valence-corrected chi connectivity index (χ1v) is 26.9. The van der Waals surface area contributed by atoms with E-state index in [9.17, 15) is 2.74 Å². The Hall–Kier alpha value is -6.98. The van der Waals surface area contributed by atoms with Crippen molar-refractivity contribution in [2.75, 3.05) is 9.80 Å². The molecule has 12 rings (SSSR count). The molecule has 1 aliphatic heterocycles. The van der Waals surface area contributed by atoms with Crippen molar-refractivity contribution in [1.82, 2.24) is 9.55 Å². The predicted octanol–water partition coefficient (Wildman–Crippen LogP) is 19.8. The average Bonchev–Trinajstić information content (AvgIpc) is 1.86. The molecule has 1 aliphatic rings. The van der Waals surface area contributed by atoms with Gasteiger partial charge in [0.1, 0.15) is 5.82 Å². The number of thiophene rings is 1. The molecule has 0 saturated carbocycles. The fourth-order valence-corrected chi connectivity index (χ4v) is 11.7. The predicted molar refractivity (Wildman–Crippen MR) is 323 cm³/mol. The summed E-state index contributed by atoms with van der Waals surface area (Å²) in [6.45, 7) is 25.3. The first-order valence-electron chi connectivity index (χ1n) is 30.1.